The van der Waals surface area contributed by atoms with Crippen LogP contribution in [0.2, 0.25) is 0 Å². The summed E-state index contributed by atoms with van der Waals surface area (Å²) in [5.41, 5.74) is 6.04. The summed E-state index contributed by atoms with van der Waals surface area (Å²) in [4.78, 5) is 0. The normalized spacial score (nSPS) is 11.2. The number of ether oxygens (including phenoxy) is 1. The molecule has 0 aliphatic carbocycles. The van der Waals surface area contributed by atoms with Gasteiger partial charge in [0.05, 0.1) is 12.6 Å². The lowest BCUT2D eigenvalue weighted by molar-refractivity contribution is 0.415. The van der Waals surface area contributed by atoms with Crippen molar-refractivity contribution in [3.63, 3.8) is 0 Å². The van der Waals surface area contributed by atoms with E-state index in [2.05, 4.69) is 90.4 Å². The highest BCUT2D eigenvalue weighted by Crippen LogP contribution is 2.31. The molecule has 0 amide bonds. The molecule has 136 valence electrons. The summed E-state index contributed by atoms with van der Waals surface area (Å²) in [5.74, 6) is 0.875. The van der Waals surface area contributed by atoms with Crippen LogP contribution < -0.4 is 4.74 Å². The van der Waals surface area contributed by atoms with E-state index in [0.29, 0.717) is 0 Å². The Bertz CT molecular complexity index is 1300. The lowest BCUT2D eigenvalue weighted by atomic mass is 10.0. The Morgan fingerprint density at radius 2 is 1.36 bits per heavy atom. The fraction of sp³-hybridized carbons (Fsp3) is 0.0769. The van der Waals surface area contributed by atoms with Gasteiger partial charge in [0.1, 0.15) is 5.75 Å². The maximum absolute atomic E-state index is 5.29. The standard InChI is InChI=1S/C26H21NO/c1-18-15-23-8-7-22(20-10-13-25(28-2)14-11-20)17-26(23)27(18)24-12-9-19-5-3-4-6-21(19)16-24/h3-17H,1-2H3. The van der Waals surface area contributed by atoms with E-state index in [-0.39, 0.29) is 0 Å². The van der Waals surface area contributed by atoms with Crippen molar-refractivity contribution < 1.29 is 4.74 Å². The van der Waals surface area contributed by atoms with Crippen LogP contribution in [0.4, 0.5) is 0 Å². The zero-order valence-corrected chi connectivity index (χ0v) is 16.0. The molecule has 4 aromatic carbocycles. The molecular weight excluding hydrogens is 342 g/mol. The summed E-state index contributed by atoms with van der Waals surface area (Å²) >= 11 is 0. The van der Waals surface area contributed by atoms with Crippen molar-refractivity contribution >= 4 is 21.7 Å². The summed E-state index contributed by atoms with van der Waals surface area (Å²) in [6.45, 7) is 2.17. The zero-order chi connectivity index (χ0) is 19.1. The summed E-state index contributed by atoms with van der Waals surface area (Å²) in [6, 6.07) is 32.3. The van der Waals surface area contributed by atoms with E-state index in [0.717, 1.165) is 5.75 Å². The molecule has 0 N–H and O–H groups in total. The van der Waals surface area contributed by atoms with E-state index in [1.54, 1.807) is 7.11 Å². The highest BCUT2D eigenvalue weighted by Gasteiger charge is 2.10. The summed E-state index contributed by atoms with van der Waals surface area (Å²) in [6.07, 6.45) is 0. The molecule has 0 aliphatic rings. The van der Waals surface area contributed by atoms with Gasteiger partial charge in [-0.3, -0.25) is 0 Å². The minimum absolute atomic E-state index is 0.875. The van der Waals surface area contributed by atoms with Crippen LogP contribution in [0.25, 0.3) is 38.5 Å². The van der Waals surface area contributed by atoms with Crippen LogP contribution >= 0.6 is 0 Å². The molecule has 28 heavy (non-hydrogen) atoms. The van der Waals surface area contributed by atoms with Crippen molar-refractivity contribution in [3.8, 4) is 22.6 Å². The van der Waals surface area contributed by atoms with Crippen LogP contribution in [0.1, 0.15) is 5.69 Å². The Labute approximate surface area is 164 Å². The second-order valence-electron chi connectivity index (χ2n) is 7.15. The smallest absolute Gasteiger partial charge is 0.118 e. The number of aromatic nitrogens is 1. The first-order valence-electron chi connectivity index (χ1n) is 9.49. The van der Waals surface area contributed by atoms with Crippen molar-refractivity contribution in [2.75, 3.05) is 7.11 Å². The van der Waals surface area contributed by atoms with Crippen molar-refractivity contribution in [3.05, 3.63) is 96.7 Å². The van der Waals surface area contributed by atoms with Gasteiger partial charge in [0, 0.05) is 16.8 Å². The van der Waals surface area contributed by atoms with Gasteiger partial charge < -0.3 is 9.30 Å². The lowest BCUT2D eigenvalue weighted by Crippen LogP contribution is -1.96. The topological polar surface area (TPSA) is 14.2 Å². The molecule has 2 heteroatoms. The van der Waals surface area contributed by atoms with Crippen LogP contribution in [0.5, 0.6) is 5.75 Å². The van der Waals surface area contributed by atoms with Gasteiger partial charge in [-0.2, -0.15) is 0 Å². The minimum atomic E-state index is 0.875. The van der Waals surface area contributed by atoms with E-state index in [4.69, 9.17) is 4.74 Å². The third-order valence-corrected chi connectivity index (χ3v) is 5.40. The van der Waals surface area contributed by atoms with Crippen LogP contribution in [0.3, 0.4) is 0 Å². The second-order valence-corrected chi connectivity index (χ2v) is 7.15. The van der Waals surface area contributed by atoms with Gasteiger partial charge in [-0.15, -0.1) is 0 Å². The van der Waals surface area contributed by atoms with E-state index < -0.39 is 0 Å². The Balaban J connectivity index is 1.68. The van der Waals surface area contributed by atoms with Gasteiger partial charge >= 0.3 is 0 Å². The summed E-state index contributed by atoms with van der Waals surface area (Å²) < 4.78 is 7.63. The Morgan fingerprint density at radius 3 is 2.14 bits per heavy atom. The fourth-order valence-electron chi connectivity index (χ4n) is 3.96. The minimum Gasteiger partial charge on any atom is -0.497 e. The zero-order valence-electron chi connectivity index (χ0n) is 16.0. The Hall–Kier alpha value is -3.52. The van der Waals surface area contributed by atoms with Gasteiger partial charge in [0.25, 0.3) is 0 Å². The molecule has 2 nitrogen and oxygen atoms in total. The van der Waals surface area contributed by atoms with Gasteiger partial charge in [-0.05, 0) is 65.2 Å². The highest BCUT2D eigenvalue weighted by molar-refractivity contribution is 5.90. The first-order chi connectivity index (χ1) is 13.7. The number of nitrogens with zero attached hydrogens (tertiary/aromatic N) is 1. The summed E-state index contributed by atoms with van der Waals surface area (Å²) in [7, 11) is 1.69. The van der Waals surface area contributed by atoms with Crippen LogP contribution in [-0.2, 0) is 0 Å². The van der Waals surface area contributed by atoms with Crippen LogP contribution in [0.15, 0.2) is 91.0 Å². The number of aryl methyl sites for hydroxylation is 1. The molecular formula is C26H21NO. The van der Waals surface area contributed by atoms with Gasteiger partial charge in [0.2, 0.25) is 0 Å². The number of hydrogen-bond donors (Lipinski definition) is 0. The predicted molar refractivity (Wildman–Crippen MR) is 118 cm³/mol. The van der Waals surface area contributed by atoms with E-state index in [1.807, 2.05) is 12.1 Å². The molecule has 1 aromatic heterocycles. The molecule has 0 unspecified atom stereocenters. The van der Waals surface area contributed by atoms with Crippen molar-refractivity contribution in [1.82, 2.24) is 4.57 Å². The highest BCUT2D eigenvalue weighted by atomic mass is 16.5. The number of rotatable bonds is 3. The van der Waals surface area contributed by atoms with Crippen LogP contribution in [-0.4, -0.2) is 11.7 Å². The SMILES string of the molecule is COc1ccc(-c2ccc3cc(C)n(-c4ccc5ccccc5c4)c3c2)cc1. The van der Waals surface area contributed by atoms with Crippen molar-refractivity contribution in [1.29, 1.82) is 0 Å². The average molecular weight is 363 g/mol. The van der Waals surface area contributed by atoms with E-state index >= 15 is 0 Å². The van der Waals surface area contributed by atoms with Gasteiger partial charge in [-0.25, -0.2) is 0 Å². The maximum atomic E-state index is 5.29. The Kier molecular flexibility index (Phi) is 3.91. The Morgan fingerprint density at radius 1 is 0.643 bits per heavy atom. The average Bonchev–Trinajstić information content (AvgIpc) is 3.08. The molecule has 1 heterocycles. The molecule has 0 saturated carbocycles. The molecule has 0 saturated heterocycles. The molecule has 0 atom stereocenters. The van der Waals surface area contributed by atoms with Crippen molar-refractivity contribution in [2.24, 2.45) is 0 Å². The molecule has 5 rings (SSSR count). The second kappa shape index (κ2) is 6.58. The number of benzene rings is 4. The van der Waals surface area contributed by atoms with E-state index in [1.165, 1.54) is 44.2 Å². The fourth-order valence-corrected chi connectivity index (χ4v) is 3.96. The van der Waals surface area contributed by atoms with Gasteiger partial charge in [-0.1, -0.05) is 54.6 Å². The van der Waals surface area contributed by atoms with Gasteiger partial charge in [0.15, 0.2) is 0 Å². The predicted octanol–water partition coefficient (Wildman–Crippen LogP) is 6.77. The number of hydrogen-bond acceptors (Lipinski definition) is 1. The molecule has 0 fully saturated rings. The third kappa shape index (κ3) is 2.74. The maximum Gasteiger partial charge on any atom is 0.118 e. The number of fused-ring (bicyclic) bond motifs is 2. The molecule has 0 radical (unpaired) electrons. The first-order valence-corrected chi connectivity index (χ1v) is 9.49. The number of methoxy groups -OCH3 is 1. The molecule has 0 aliphatic heterocycles. The molecule has 0 bridgehead atoms. The van der Waals surface area contributed by atoms with Crippen LogP contribution in [0, 0.1) is 6.92 Å². The van der Waals surface area contributed by atoms with E-state index in [9.17, 15) is 0 Å². The third-order valence-electron chi connectivity index (χ3n) is 5.40. The first kappa shape index (κ1) is 16.6. The quantitative estimate of drug-likeness (QED) is 0.345. The van der Waals surface area contributed by atoms with Crippen molar-refractivity contribution in [2.45, 2.75) is 6.92 Å². The lowest BCUT2D eigenvalue weighted by Gasteiger charge is -2.11. The monoisotopic (exact) mass is 363 g/mol. The molecule has 0 spiro atoms. The molecule has 5 aromatic rings. The summed E-state index contributed by atoms with van der Waals surface area (Å²) in [5, 5.41) is 3.77. The largest absolute Gasteiger partial charge is 0.497 e.